The van der Waals surface area contributed by atoms with Gasteiger partial charge in [0.15, 0.2) is 0 Å². The molecule has 1 aromatic heterocycles. The minimum absolute atomic E-state index is 0.228. The van der Waals surface area contributed by atoms with Crippen molar-refractivity contribution < 1.29 is 8.42 Å². The van der Waals surface area contributed by atoms with Gasteiger partial charge in [0.1, 0.15) is 9.84 Å². The Labute approximate surface area is 78.5 Å². The lowest BCUT2D eigenvalue weighted by Crippen LogP contribution is -2.07. The van der Waals surface area contributed by atoms with E-state index in [1.807, 2.05) is 13.1 Å². The van der Waals surface area contributed by atoms with Gasteiger partial charge in [-0.2, -0.15) is 5.10 Å². The molecule has 5 heteroatoms. The monoisotopic (exact) mass is 202 g/mol. The summed E-state index contributed by atoms with van der Waals surface area (Å²) in [6.07, 6.45) is 5.55. The SMILES string of the molecule is Cc1cnn(CCCS(C)(=O)=O)c1. The van der Waals surface area contributed by atoms with Gasteiger partial charge in [-0.15, -0.1) is 0 Å². The van der Waals surface area contributed by atoms with Gasteiger partial charge in [-0.3, -0.25) is 4.68 Å². The Balaban J connectivity index is 2.36. The highest BCUT2D eigenvalue weighted by atomic mass is 32.2. The van der Waals surface area contributed by atoms with Crippen LogP contribution in [-0.4, -0.2) is 30.2 Å². The van der Waals surface area contributed by atoms with E-state index < -0.39 is 9.84 Å². The summed E-state index contributed by atoms with van der Waals surface area (Å²) in [6.45, 7) is 2.63. The second-order valence-electron chi connectivity index (χ2n) is 3.26. The Morgan fingerprint density at radius 2 is 2.23 bits per heavy atom. The maximum absolute atomic E-state index is 10.8. The molecule has 0 aliphatic rings. The zero-order valence-corrected chi connectivity index (χ0v) is 8.71. The lowest BCUT2D eigenvalue weighted by molar-refractivity contribution is 0.576. The van der Waals surface area contributed by atoms with Gasteiger partial charge in [-0.1, -0.05) is 0 Å². The summed E-state index contributed by atoms with van der Waals surface area (Å²) in [5, 5.41) is 4.06. The zero-order valence-electron chi connectivity index (χ0n) is 7.90. The zero-order chi connectivity index (χ0) is 9.90. The van der Waals surface area contributed by atoms with E-state index >= 15 is 0 Å². The summed E-state index contributed by atoms with van der Waals surface area (Å²) < 4.78 is 23.4. The highest BCUT2D eigenvalue weighted by Crippen LogP contribution is 1.97. The van der Waals surface area contributed by atoms with Crippen molar-refractivity contribution in [3.05, 3.63) is 18.0 Å². The van der Waals surface area contributed by atoms with Crippen LogP contribution in [0.5, 0.6) is 0 Å². The van der Waals surface area contributed by atoms with Gasteiger partial charge < -0.3 is 0 Å². The number of aromatic nitrogens is 2. The Kier molecular flexibility index (Phi) is 3.08. The predicted octanol–water partition coefficient (Wildman–Crippen LogP) is 0.626. The number of aryl methyl sites for hydroxylation is 2. The topological polar surface area (TPSA) is 52.0 Å². The molecule has 0 radical (unpaired) electrons. The molecule has 13 heavy (non-hydrogen) atoms. The van der Waals surface area contributed by atoms with Crippen LogP contribution in [0.1, 0.15) is 12.0 Å². The van der Waals surface area contributed by atoms with Gasteiger partial charge in [0.2, 0.25) is 0 Å². The lowest BCUT2D eigenvalue weighted by atomic mass is 10.4. The van der Waals surface area contributed by atoms with Crippen LogP contribution in [0.25, 0.3) is 0 Å². The van der Waals surface area contributed by atoms with Crippen LogP contribution in [0.3, 0.4) is 0 Å². The van der Waals surface area contributed by atoms with E-state index in [4.69, 9.17) is 0 Å². The maximum Gasteiger partial charge on any atom is 0.147 e. The van der Waals surface area contributed by atoms with Crippen LogP contribution in [0.15, 0.2) is 12.4 Å². The smallest absolute Gasteiger partial charge is 0.147 e. The van der Waals surface area contributed by atoms with E-state index in [2.05, 4.69) is 5.10 Å². The van der Waals surface area contributed by atoms with E-state index in [-0.39, 0.29) is 5.75 Å². The fourth-order valence-electron chi connectivity index (χ4n) is 1.08. The van der Waals surface area contributed by atoms with Gasteiger partial charge >= 0.3 is 0 Å². The van der Waals surface area contributed by atoms with Crippen LogP contribution < -0.4 is 0 Å². The summed E-state index contributed by atoms with van der Waals surface area (Å²) >= 11 is 0. The highest BCUT2D eigenvalue weighted by molar-refractivity contribution is 7.90. The molecule has 0 saturated carbocycles. The van der Waals surface area contributed by atoms with Crippen LogP contribution in [0.4, 0.5) is 0 Å². The molecule has 0 bridgehead atoms. The molecule has 0 saturated heterocycles. The Bertz CT molecular complexity index is 367. The summed E-state index contributed by atoms with van der Waals surface area (Å²) in [6, 6.07) is 0. The molecule has 1 aromatic rings. The number of nitrogens with zero attached hydrogens (tertiary/aromatic N) is 2. The summed E-state index contributed by atoms with van der Waals surface area (Å²) in [4.78, 5) is 0. The highest BCUT2D eigenvalue weighted by Gasteiger charge is 2.01. The minimum atomic E-state index is -2.83. The molecule has 1 heterocycles. The number of hydrogen-bond acceptors (Lipinski definition) is 3. The molecule has 1 rings (SSSR count). The largest absolute Gasteiger partial charge is 0.272 e. The van der Waals surface area contributed by atoms with E-state index in [0.717, 1.165) is 5.56 Å². The summed E-state index contributed by atoms with van der Waals surface area (Å²) in [5.74, 6) is 0.228. The van der Waals surface area contributed by atoms with Crippen LogP contribution in [0.2, 0.25) is 0 Å². The summed E-state index contributed by atoms with van der Waals surface area (Å²) in [7, 11) is -2.83. The van der Waals surface area contributed by atoms with Crippen molar-refractivity contribution >= 4 is 9.84 Å². The lowest BCUT2D eigenvalue weighted by Gasteiger charge is -1.99. The molecular formula is C8H14N2O2S. The molecule has 0 spiro atoms. The normalized spacial score (nSPS) is 11.8. The summed E-state index contributed by atoms with van der Waals surface area (Å²) in [5.41, 5.74) is 1.10. The number of sulfone groups is 1. The molecule has 0 aliphatic heterocycles. The minimum Gasteiger partial charge on any atom is -0.272 e. The Morgan fingerprint density at radius 1 is 1.54 bits per heavy atom. The molecule has 0 unspecified atom stereocenters. The van der Waals surface area contributed by atoms with Crippen molar-refractivity contribution in [2.45, 2.75) is 19.9 Å². The van der Waals surface area contributed by atoms with Crippen molar-refractivity contribution in [1.29, 1.82) is 0 Å². The first-order valence-corrected chi connectivity index (χ1v) is 6.20. The van der Waals surface area contributed by atoms with Gasteiger partial charge in [0.25, 0.3) is 0 Å². The first-order chi connectivity index (χ1) is 5.97. The van der Waals surface area contributed by atoms with Gasteiger partial charge in [0, 0.05) is 19.0 Å². The van der Waals surface area contributed by atoms with Crippen LogP contribution >= 0.6 is 0 Å². The fourth-order valence-corrected chi connectivity index (χ4v) is 1.73. The van der Waals surface area contributed by atoms with Crippen LogP contribution in [0, 0.1) is 6.92 Å². The number of rotatable bonds is 4. The molecule has 0 fully saturated rings. The molecule has 4 nitrogen and oxygen atoms in total. The van der Waals surface area contributed by atoms with Crippen molar-refractivity contribution in [3.8, 4) is 0 Å². The molecule has 0 atom stereocenters. The van der Waals surface area contributed by atoms with Gasteiger partial charge in [-0.05, 0) is 18.9 Å². The van der Waals surface area contributed by atoms with Crippen molar-refractivity contribution in [2.75, 3.05) is 12.0 Å². The van der Waals surface area contributed by atoms with Crippen LogP contribution in [-0.2, 0) is 16.4 Å². The second kappa shape index (κ2) is 3.91. The van der Waals surface area contributed by atoms with E-state index in [1.54, 1.807) is 10.9 Å². The third kappa shape index (κ3) is 4.07. The molecule has 0 aliphatic carbocycles. The molecule has 0 amide bonds. The van der Waals surface area contributed by atoms with Crippen molar-refractivity contribution in [3.63, 3.8) is 0 Å². The first-order valence-electron chi connectivity index (χ1n) is 4.14. The standard InChI is InChI=1S/C8H14N2O2S/c1-8-6-9-10(7-8)4-3-5-13(2,11)12/h6-7H,3-5H2,1-2H3. The van der Waals surface area contributed by atoms with E-state index in [9.17, 15) is 8.42 Å². The Hall–Kier alpha value is -0.840. The molecular weight excluding hydrogens is 188 g/mol. The van der Waals surface area contributed by atoms with E-state index in [1.165, 1.54) is 6.26 Å². The first kappa shape index (κ1) is 10.2. The van der Waals surface area contributed by atoms with Crippen molar-refractivity contribution in [2.24, 2.45) is 0 Å². The average Bonchev–Trinajstić information content (AvgIpc) is 2.33. The average molecular weight is 202 g/mol. The maximum atomic E-state index is 10.8. The quantitative estimate of drug-likeness (QED) is 0.719. The van der Waals surface area contributed by atoms with Gasteiger partial charge in [-0.25, -0.2) is 8.42 Å². The third-order valence-corrected chi connectivity index (χ3v) is 2.69. The second-order valence-corrected chi connectivity index (χ2v) is 5.52. The van der Waals surface area contributed by atoms with Crippen molar-refractivity contribution in [1.82, 2.24) is 9.78 Å². The number of hydrogen-bond donors (Lipinski definition) is 0. The molecule has 74 valence electrons. The third-order valence-electron chi connectivity index (χ3n) is 1.66. The Morgan fingerprint density at radius 3 is 2.69 bits per heavy atom. The molecule has 0 N–H and O–H groups in total. The van der Waals surface area contributed by atoms with E-state index in [0.29, 0.717) is 13.0 Å². The predicted molar refractivity (Wildman–Crippen MR) is 51.3 cm³/mol. The fraction of sp³-hybridized carbons (Fsp3) is 0.625. The molecule has 0 aromatic carbocycles. The van der Waals surface area contributed by atoms with Gasteiger partial charge in [0.05, 0.1) is 11.9 Å².